The predicted molar refractivity (Wildman–Crippen MR) is 28.5 cm³/mol. The molecular formula is C4H10N2O. The van der Waals surface area contributed by atoms with Gasteiger partial charge in [0.2, 0.25) is 0 Å². The Kier molecular flexibility index (Phi) is 2.22. The lowest BCUT2D eigenvalue weighted by Gasteiger charge is -1.92. The van der Waals surface area contributed by atoms with E-state index < -0.39 is 0 Å². The van der Waals surface area contributed by atoms with Crippen LogP contribution >= 0.6 is 0 Å². The Balaban J connectivity index is 3.45. The first-order valence-corrected chi connectivity index (χ1v) is 2.04. The van der Waals surface area contributed by atoms with Crippen LogP contribution in [-0.4, -0.2) is 11.1 Å². The van der Waals surface area contributed by atoms with Crippen molar-refractivity contribution in [2.45, 2.75) is 13.0 Å². The van der Waals surface area contributed by atoms with Gasteiger partial charge >= 0.3 is 0 Å². The van der Waals surface area contributed by atoms with E-state index >= 15 is 0 Å². The fraction of sp³-hybridized carbons (Fsp3) is 0.500. The lowest BCUT2D eigenvalue weighted by atomic mass is 10.3. The van der Waals surface area contributed by atoms with Gasteiger partial charge in [0.15, 0.2) is 5.88 Å². The predicted octanol–water partition coefficient (Wildman–Crippen LogP) is -0.308. The van der Waals surface area contributed by atoms with Crippen molar-refractivity contribution in [3.05, 3.63) is 12.0 Å². The summed E-state index contributed by atoms with van der Waals surface area (Å²) in [5, 5.41) is 8.28. The third-order valence-electron chi connectivity index (χ3n) is 0.434. The Morgan fingerprint density at radius 2 is 2.29 bits per heavy atom. The van der Waals surface area contributed by atoms with E-state index in [9.17, 15) is 0 Å². The molecule has 0 heterocycles. The van der Waals surface area contributed by atoms with E-state index in [1.54, 1.807) is 6.92 Å². The highest BCUT2D eigenvalue weighted by atomic mass is 16.3. The summed E-state index contributed by atoms with van der Waals surface area (Å²) in [5.74, 6) is -0.213. The van der Waals surface area contributed by atoms with Crippen LogP contribution in [0.5, 0.6) is 0 Å². The normalized spacial score (nSPS) is 16.6. The summed E-state index contributed by atoms with van der Waals surface area (Å²) in [6.07, 6.45) is 1.36. The molecule has 1 unspecified atom stereocenters. The molecule has 0 aliphatic carbocycles. The van der Waals surface area contributed by atoms with Crippen molar-refractivity contribution in [3.8, 4) is 0 Å². The first-order chi connectivity index (χ1) is 3.13. The molecular weight excluding hydrogens is 92.1 g/mol. The van der Waals surface area contributed by atoms with Crippen LogP contribution < -0.4 is 11.5 Å². The number of hydrogen-bond donors (Lipinski definition) is 3. The molecule has 3 nitrogen and oxygen atoms in total. The Bertz CT molecular complexity index is 73.8. The second-order valence-corrected chi connectivity index (χ2v) is 1.45. The number of hydrogen-bond acceptors (Lipinski definition) is 3. The molecule has 0 fully saturated rings. The molecule has 0 amide bonds. The van der Waals surface area contributed by atoms with Crippen molar-refractivity contribution >= 4 is 0 Å². The number of nitrogens with two attached hydrogens (primary N) is 2. The molecule has 0 aliphatic heterocycles. The van der Waals surface area contributed by atoms with Crippen molar-refractivity contribution in [2.75, 3.05) is 0 Å². The van der Waals surface area contributed by atoms with Crippen LogP contribution in [0, 0.1) is 0 Å². The van der Waals surface area contributed by atoms with Gasteiger partial charge in [0.25, 0.3) is 0 Å². The molecule has 5 N–H and O–H groups in total. The fourth-order valence-corrected chi connectivity index (χ4v) is 0.269. The van der Waals surface area contributed by atoms with Gasteiger partial charge < -0.3 is 16.6 Å². The Morgan fingerprint density at radius 3 is 2.29 bits per heavy atom. The second kappa shape index (κ2) is 2.47. The first-order valence-electron chi connectivity index (χ1n) is 2.04. The number of aliphatic hydroxyl groups excluding tert-OH is 1. The molecule has 7 heavy (non-hydrogen) atoms. The van der Waals surface area contributed by atoms with Crippen LogP contribution in [0.3, 0.4) is 0 Å². The molecule has 0 aromatic carbocycles. The molecule has 0 radical (unpaired) electrons. The van der Waals surface area contributed by atoms with Gasteiger partial charge in [-0.05, 0) is 13.0 Å². The summed E-state index contributed by atoms with van der Waals surface area (Å²) in [5.41, 5.74) is 10.0. The maximum atomic E-state index is 8.28. The van der Waals surface area contributed by atoms with Gasteiger partial charge in [0.1, 0.15) is 0 Å². The van der Waals surface area contributed by atoms with Crippen LogP contribution in [0.2, 0.25) is 0 Å². The van der Waals surface area contributed by atoms with E-state index in [1.165, 1.54) is 6.08 Å². The maximum absolute atomic E-state index is 8.28. The van der Waals surface area contributed by atoms with E-state index in [0.717, 1.165) is 0 Å². The highest BCUT2D eigenvalue weighted by Gasteiger charge is 1.84. The summed E-state index contributed by atoms with van der Waals surface area (Å²) in [6, 6.07) is -0.162. The zero-order chi connectivity index (χ0) is 5.86. The molecule has 0 rings (SSSR count). The number of aliphatic hydroxyl groups is 1. The summed E-state index contributed by atoms with van der Waals surface area (Å²) in [7, 11) is 0. The van der Waals surface area contributed by atoms with Crippen molar-refractivity contribution in [3.63, 3.8) is 0 Å². The number of rotatable bonds is 1. The van der Waals surface area contributed by atoms with Gasteiger partial charge in [0.05, 0.1) is 0 Å². The van der Waals surface area contributed by atoms with Gasteiger partial charge in [0, 0.05) is 6.04 Å². The average molecular weight is 102 g/mol. The Labute approximate surface area is 42.6 Å². The molecule has 0 saturated carbocycles. The van der Waals surface area contributed by atoms with E-state index in [0.29, 0.717) is 0 Å². The standard InChI is InChI=1S/C4H10N2O/c1-3(5)2-4(6)7/h2-3,7H,5-6H2,1H3/b4-2+. The summed E-state index contributed by atoms with van der Waals surface area (Å²) in [6.45, 7) is 1.73. The highest BCUT2D eigenvalue weighted by Crippen LogP contribution is 1.78. The maximum Gasteiger partial charge on any atom is 0.178 e. The SMILES string of the molecule is CC(N)/C=C(\N)O. The van der Waals surface area contributed by atoms with Gasteiger partial charge in [-0.1, -0.05) is 0 Å². The van der Waals surface area contributed by atoms with Crippen molar-refractivity contribution in [1.29, 1.82) is 0 Å². The van der Waals surface area contributed by atoms with Crippen molar-refractivity contribution in [2.24, 2.45) is 11.5 Å². The third kappa shape index (κ3) is 5.30. The topological polar surface area (TPSA) is 72.3 Å². The molecule has 0 aliphatic rings. The summed E-state index contributed by atoms with van der Waals surface area (Å²) in [4.78, 5) is 0. The minimum Gasteiger partial charge on any atom is -0.495 e. The Hall–Kier alpha value is -0.700. The molecule has 0 aromatic rings. The minimum atomic E-state index is -0.213. The van der Waals surface area contributed by atoms with Gasteiger partial charge in [-0.25, -0.2) is 0 Å². The Morgan fingerprint density at radius 1 is 1.86 bits per heavy atom. The van der Waals surface area contributed by atoms with E-state index in [1.807, 2.05) is 0 Å². The average Bonchev–Trinajstić information content (AvgIpc) is 1.27. The molecule has 3 heteroatoms. The zero-order valence-electron chi connectivity index (χ0n) is 4.26. The summed E-state index contributed by atoms with van der Waals surface area (Å²) < 4.78 is 0. The lowest BCUT2D eigenvalue weighted by molar-refractivity contribution is 0.401. The molecule has 0 spiro atoms. The quantitative estimate of drug-likeness (QED) is 0.398. The summed E-state index contributed by atoms with van der Waals surface area (Å²) >= 11 is 0. The van der Waals surface area contributed by atoms with Crippen LogP contribution in [0.4, 0.5) is 0 Å². The van der Waals surface area contributed by atoms with Crippen LogP contribution in [0.15, 0.2) is 12.0 Å². The van der Waals surface area contributed by atoms with E-state index in [2.05, 4.69) is 0 Å². The van der Waals surface area contributed by atoms with Gasteiger partial charge in [-0.2, -0.15) is 0 Å². The smallest absolute Gasteiger partial charge is 0.178 e. The highest BCUT2D eigenvalue weighted by molar-refractivity contribution is 4.90. The second-order valence-electron chi connectivity index (χ2n) is 1.45. The zero-order valence-corrected chi connectivity index (χ0v) is 4.26. The van der Waals surface area contributed by atoms with Crippen LogP contribution in [-0.2, 0) is 0 Å². The first kappa shape index (κ1) is 6.30. The monoisotopic (exact) mass is 102 g/mol. The molecule has 0 aromatic heterocycles. The molecule has 1 atom stereocenters. The van der Waals surface area contributed by atoms with Gasteiger partial charge in [-0.3, -0.25) is 0 Å². The molecule has 42 valence electrons. The van der Waals surface area contributed by atoms with E-state index in [-0.39, 0.29) is 11.9 Å². The van der Waals surface area contributed by atoms with Crippen LogP contribution in [0.25, 0.3) is 0 Å². The fourth-order valence-electron chi connectivity index (χ4n) is 0.269. The molecule has 0 saturated heterocycles. The molecule has 0 bridgehead atoms. The lowest BCUT2D eigenvalue weighted by Crippen LogP contribution is -2.13. The third-order valence-corrected chi connectivity index (χ3v) is 0.434. The minimum absolute atomic E-state index is 0.162. The largest absolute Gasteiger partial charge is 0.495 e. The van der Waals surface area contributed by atoms with E-state index in [4.69, 9.17) is 16.6 Å². The van der Waals surface area contributed by atoms with Crippen LogP contribution in [0.1, 0.15) is 6.92 Å². The van der Waals surface area contributed by atoms with Gasteiger partial charge in [-0.15, -0.1) is 0 Å². The van der Waals surface area contributed by atoms with Crippen molar-refractivity contribution in [1.82, 2.24) is 0 Å². The van der Waals surface area contributed by atoms with Crippen molar-refractivity contribution < 1.29 is 5.11 Å².